The molecule has 2 N–H and O–H groups in total. The van der Waals surface area contributed by atoms with E-state index >= 15 is 0 Å². The molecule has 0 fully saturated rings. The molecule has 1 unspecified atom stereocenters. The fraction of sp³-hybridized carbons (Fsp3) is 0.909. The van der Waals surface area contributed by atoms with Crippen LogP contribution in [0, 0.1) is 5.92 Å². The summed E-state index contributed by atoms with van der Waals surface area (Å²) in [5.74, 6) is -1.12. The average molecular weight is 217 g/mol. The highest BCUT2D eigenvalue weighted by atomic mass is 16.4. The van der Waals surface area contributed by atoms with E-state index in [1.165, 1.54) is 0 Å². The van der Waals surface area contributed by atoms with Crippen LogP contribution in [0.5, 0.6) is 0 Å². The summed E-state index contributed by atoms with van der Waals surface area (Å²) in [6.07, 6.45) is 0.660. The molecular formula is C11H23NO3. The Morgan fingerprint density at radius 2 is 2.00 bits per heavy atom. The van der Waals surface area contributed by atoms with Gasteiger partial charge in [-0.1, -0.05) is 13.8 Å². The maximum absolute atomic E-state index is 10.7. The van der Waals surface area contributed by atoms with Gasteiger partial charge >= 0.3 is 5.97 Å². The summed E-state index contributed by atoms with van der Waals surface area (Å²) in [4.78, 5) is 12.7. The molecule has 0 spiro atoms. The molecule has 0 aromatic heterocycles. The third-order valence-corrected chi connectivity index (χ3v) is 2.44. The van der Waals surface area contributed by atoms with Crippen LogP contribution in [0.2, 0.25) is 0 Å². The first-order valence-electron chi connectivity index (χ1n) is 5.43. The summed E-state index contributed by atoms with van der Waals surface area (Å²) < 4.78 is 0. The number of carboxylic acid groups (broad SMARTS) is 1. The summed E-state index contributed by atoms with van der Waals surface area (Å²) in [6, 6.07) is 0. The van der Waals surface area contributed by atoms with Crippen LogP contribution in [-0.4, -0.2) is 46.3 Å². The number of hydrogen-bond donors (Lipinski definition) is 2. The van der Waals surface area contributed by atoms with Gasteiger partial charge in [-0.25, -0.2) is 0 Å². The minimum absolute atomic E-state index is 0.355. The molecule has 0 saturated carbocycles. The lowest BCUT2D eigenvalue weighted by molar-refractivity contribution is -0.141. The van der Waals surface area contributed by atoms with Gasteiger partial charge in [-0.3, -0.25) is 4.79 Å². The zero-order valence-corrected chi connectivity index (χ0v) is 10.2. The first-order chi connectivity index (χ1) is 6.76. The zero-order valence-electron chi connectivity index (χ0n) is 10.2. The van der Waals surface area contributed by atoms with Crippen molar-refractivity contribution >= 4 is 5.97 Å². The first-order valence-corrected chi connectivity index (χ1v) is 5.43. The van der Waals surface area contributed by atoms with Crippen molar-refractivity contribution in [3.63, 3.8) is 0 Å². The highest BCUT2D eigenvalue weighted by Gasteiger charge is 2.18. The molecular weight excluding hydrogens is 194 g/mol. The van der Waals surface area contributed by atoms with Gasteiger partial charge in [-0.05, 0) is 26.8 Å². The summed E-state index contributed by atoms with van der Waals surface area (Å²) in [5, 5.41) is 18.3. The minimum atomic E-state index is -0.767. The van der Waals surface area contributed by atoms with E-state index in [4.69, 9.17) is 5.11 Å². The van der Waals surface area contributed by atoms with Gasteiger partial charge in [0, 0.05) is 13.1 Å². The Morgan fingerprint density at radius 1 is 1.47 bits per heavy atom. The van der Waals surface area contributed by atoms with Crippen molar-refractivity contribution in [2.75, 3.05) is 19.6 Å². The van der Waals surface area contributed by atoms with Gasteiger partial charge in [0.2, 0.25) is 0 Å². The van der Waals surface area contributed by atoms with Crippen LogP contribution in [0.1, 0.15) is 34.1 Å². The lowest BCUT2D eigenvalue weighted by Gasteiger charge is -2.26. The van der Waals surface area contributed by atoms with Crippen molar-refractivity contribution in [3.8, 4) is 0 Å². The summed E-state index contributed by atoms with van der Waals surface area (Å²) >= 11 is 0. The number of nitrogens with zero attached hydrogens (tertiary/aromatic N) is 1. The molecule has 90 valence electrons. The second-order valence-corrected chi connectivity index (χ2v) is 4.69. The van der Waals surface area contributed by atoms with Crippen LogP contribution >= 0.6 is 0 Å². The summed E-state index contributed by atoms with van der Waals surface area (Å²) in [7, 11) is 0. The van der Waals surface area contributed by atoms with Crippen molar-refractivity contribution < 1.29 is 15.0 Å². The highest BCUT2D eigenvalue weighted by molar-refractivity contribution is 5.69. The van der Waals surface area contributed by atoms with Gasteiger partial charge in [0.15, 0.2) is 0 Å². The second kappa shape index (κ2) is 6.08. The topological polar surface area (TPSA) is 60.8 Å². The molecule has 0 aliphatic heterocycles. The van der Waals surface area contributed by atoms with Crippen LogP contribution in [0.15, 0.2) is 0 Å². The van der Waals surface area contributed by atoms with Crippen LogP contribution in [0.3, 0.4) is 0 Å². The first kappa shape index (κ1) is 14.4. The van der Waals surface area contributed by atoms with Crippen molar-refractivity contribution in [3.05, 3.63) is 0 Å². The standard InChI is InChI=1S/C11H23NO3/c1-5-12(7-6-11(3,4)15)8-9(2)10(13)14/h9,15H,5-8H2,1-4H3,(H,13,14). The quantitative estimate of drug-likeness (QED) is 0.672. The molecule has 0 heterocycles. The molecule has 1 atom stereocenters. The number of rotatable bonds is 7. The summed E-state index contributed by atoms with van der Waals surface area (Å²) in [6.45, 7) is 9.32. The minimum Gasteiger partial charge on any atom is -0.481 e. The molecule has 4 nitrogen and oxygen atoms in total. The largest absolute Gasteiger partial charge is 0.481 e. The highest BCUT2D eigenvalue weighted by Crippen LogP contribution is 2.09. The van der Waals surface area contributed by atoms with Crippen molar-refractivity contribution in [1.29, 1.82) is 0 Å². The monoisotopic (exact) mass is 217 g/mol. The SMILES string of the molecule is CCN(CCC(C)(C)O)CC(C)C(=O)O. The van der Waals surface area contributed by atoms with E-state index in [1.54, 1.807) is 20.8 Å². The molecule has 0 rings (SSSR count). The Hall–Kier alpha value is -0.610. The molecule has 0 radical (unpaired) electrons. The van der Waals surface area contributed by atoms with E-state index in [2.05, 4.69) is 4.90 Å². The van der Waals surface area contributed by atoms with Gasteiger partial charge < -0.3 is 15.1 Å². The number of carboxylic acids is 1. The van der Waals surface area contributed by atoms with Gasteiger partial charge in [-0.2, -0.15) is 0 Å². The fourth-order valence-electron chi connectivity index (χ4n) is 1.28. The van der Waals surface area contributed by atoms with Crippen LogP contribution in [0.25, 0.3) is 0 Å². The molecule has 4 heteroatoms. The molecule has 0 aromatic rings. The molecule has 0 aliphatic rings. The lowest BCUT2D eigenvalue weighted by atomic mass is 10.0. The van der Waals surface area contributed by atoms with Gasteiger partial charge in [0.05, 0.1) is 11.5 Å². The van der Waals surface area contributed by atoms with Crippen molar-refractivity contribution in [1.82, 2.24) is 4.90 Å². The van der Waals surface area contributed by atoms with Crippen LogP contribution in [-0.2, 0) is 4.79 Å². The van der Waals surface area contributed by atoms with E-state index < -0.39 is 11.6 Å². The third-order valence-electron chi connectivity index (χ3n) is 2.44. The lowest BCUT2D eigenvalue weighted by Crippen LogP contribution is -2.35. The zero-order chi connectivity index (χ0) is 12.1. The second-order valence-electron chi connectivity index (χ2n) is 4.69. The predicted octanol–water partition coefficient (Wildman–Crippen LogP) is 1.19. The molecule has 0 saturated heterocycles. The van der Waals surface area contributed by atoms with E-state index in [0.29, 0.717) is 13.0 Å². The average Bonchev–Trinajstić information content (AvgIpc) is 2.10. The van der Waals surface area contributed by atoms with Crippen molar-refractivity contribution in [2.24, 2.45) is 5.92 Å². The van der Waals surface area contributed by atoms with Gasteiger partial charge in [-0.15, -0.1) is 0 Å². The Morgan fingerprint density at radius 3 is 2.33 bits per heavy atom. The Labute approximate surface area is 91.9 Å². The maximum Gasteiger partial charge on any atom is 0.307 e. The maximum atomic E-state index is 10.7. The smallest absolute Gasteiger partial charge is 0.307 e. The Balaban J connectivity index is 3.98. The molecule has 0 amide bonds. The predicted molar refractivity (Wildman–Crippen MR) is 59.8 cm³/mol. The van der Waals surface area contributed by atoms with E-state index in [9.17, 15) is 9.90 Å². The fourth-order valence-corrected chi connectivity index (χ4v) is 1.28. The molecule has 0 bridgehead atoms. The Kier molecular flexibility index (Phi) is 5.83. The number of aliphatic carboxylic acids is 1. The number of hydrogen-bond acceptors (Lipinski definition) is 3. The summed E-state index contributed by atoms with van der Waals surface area (Å²) in [5.41, 5.74) is -0.681. The molecule has 0 aromatic carbocycles. The van der Waals surface area contributed by atoms with E-state index in [-0.39, 0.29) is 5.92 Å². The number of carbonyl (C=O) groups is 1. The third kappa shape index (κ3) is 7.33. The number of aliphatic hydroxyl groups is 1. The van der Waals surface area contributed by atoms with E-state index in [0.717, 1.165) is 13.1 Å². The van der Waals surface area contributed by atoms with Crippen LogP contribution < -0.4 is 0 Å². The molecule has 15 heavy (non-hydrogen) atoms. The Bertz CT molecular complexity index is 198. The van der Waals surface area contributed by atoms with Gasteiger partial charge in [0.1, 0.15) is 0 Å². The van der Waals surface area contributed by atoms with Crippen LogP contribution in [0.4, 0.5) is 0 Å². The normalized spacial score (nSPS) is 14.3. The van der Waals surface area contributed by atoms with Gasteiger partial charge in [0.25, 0.3) is 0 Å². The van der Waals surface area contributed by atoms with Crippen molar-refractivity contribution in [2.45, 2.75) is 39.7 Å². The molecule has 0 aliphatic carbocycles. The van der Waals surface area contributed by atoms with E-state index in [1.807, 2.05) is 6.92 Å².